The molecule has 0 radical (unpaired) electrons. The standard InChI is InChI=1S/C17H28ClN3/c1-5-19-13-14-6-7-15(12-16(14)18)20-8-10-21(11-9-20)17(2,3)4/h6-7,12,19H,5,8-11,13H2,1-4H3. The highest BCUT2D eigenvalue weighted by atomic mass is 35.5. The zero-order valence-electron chi connectivity index (χ0n) is 13.7. The number of hydrogen-bond donors (Lipinski definition) is 1. The minimum absolute atomic E-state index is 0.263. The second kappa shape index (κ2) is 6.99. The van der Waals surface area contributed by atoms with E-state index in [2.05, 4.69) is 61.0 Å². The molecule has 0 unspecified atom stereocenters. The Morgan fingerprint density at radius 2 is 1.81 bits per heavy atom. The Bertz CT molecular complexity index is 460. The summed E-state index contributed by atoms with van der Waals surface area (Å²) in [5, 5.41) is 4.19. The molecular formula is C17H28ClN3. The number of halogens is 1. The van der Waals surface area contributed by atoms with Crippen LogP contribution in [0.2, 0.25) is 5.02 Å². The average molecular weight is 310 g/mol. The van der Waals surface area contributed by atoms with E-state index in [0.717, 1.165) is 44.3 Å². The maximum Gasteiger partial charge on any atom is 0.0471 e. The first-order valence-electron chi connectivity index (χ1n) is 7.91. The van der Waals surface area contributed by atoms with E-state index in [0.29, 0.717) is 0 Å². The summed E-state index contributed by atoms with van der Waals surface area (Å²) < 4.78 is 0. The number of nitrogens with one attached hydrogen (secondary N) is 1. The lowest BCUT2D eigenvalue weighted by molar-refractivity contribution is 0.128. The van der Waals surface area contributed by atoms with Gasteiger partial charge >= 0.3 is 0 Å². The van der Waals surface area contributed by atoms with Gasteiger partial charge in [-0.05, 0) is 45.0 Å². The minimum atomic E-state index is 0.263. The molecule has 1 aliphatic rings. The molecule has 1 aromatic rings. The maximum atomic E-state index is 6.41. The highest BCUT2D eigenvalue weighted by Crippen LogP contribution is 2.26. The second-order valence-electron chi connectivity index (χ2n) is 6.70. The van der Waals surface area contributed by atoms with Crippen molar-refractivity contribution in [1.29, 1.82) is 0 Å². The molecule has 1 aliphatic heterocycles. The summed E-state index contributed by atoms with van der Waals surface area (Å²) in [5.41, 5.74) is 2.68. The van der Waals surface area contributed by atoms with Crippen molar-refractivity contribution in [2.24, 2.45) is 0 Å². The summed E-state index contributed by atoms with van der Waals surface area (Å²) in [6.07, 6.45) is 0. The van der Waals surface area contributed by atoms with Gasteiger partial charge in [0.1, 0.15) is 0 Å². The fourth-order valence-electron chi connectivity index (χ4n) is 2.77. The van der Waals surface area contributed by atoms with Gasteiger partial charge in [-0.2, -0.15) is 0 Å². The van der Waals surface area contributed by atoms with E-state index >= 15 is 0 Å². The Hall–Kier alpha value is -0.770. The zero-order valence-corrected chi connectivity index (χ0v) is 14.5. The van der Waals surface area contributed by atoms with Crippen LogP contribution >= 0.6 is 11.6 Å². The Balaban J connectivity index is 1.99. The molecule has 0 spiro atoms. The molecule has 3 nitrogen and oxygen atoms in total. The molecule has 1 N–H and O–H groups in total. The number of hydrogen-bond acceptors (Lipinski definition) is 3. The summed E-state index contributed by atoms with van der Waals surface area (Å²) in [6, 6.07) is 6.46. The monoisotopic (exact) mass is 309 g/mol. The van der Waals surface area contributed by atoms with Crippen molar-refractivity contribution in [3.63, 3.8) is 0 Å². The van der Waals surface area contributed by atoms with Crippen LogP contribution in [0.3, 0.4) is 0 Å². The molecule has 0 aliphatic carbocycles. The number of nitrogens with zero attached hydrogens (tertiary/aromatic N) is 2. The van der Waals surface area contributed by atoms with Crippen LogP contribution in [-0.4, -0.2) is 43.2 Å². The van der Waals surface area contributed by atoms with Gasteiger partial charge in [-0.3, -0.25) is 4.90 Å². The van der Waals surface area contributed by atoms with E-state index in [4.69, 9.17) is 11.6 Å². The summed E-state index contributed by atoms with van der Waals surface area (Å²) in [4.78, 5) is 4.98. The van der Waals surface area contributed by atoms with Crippen LogP contribution in [0, 0.1) is 0 Å². The van der Waals surface area contributed by atoms with Crippen LogP contribution in [0.1, 0.15) is 33.3 Å². The predicted molar refractivity (Wildman–Crippen MR) is 92.4 cm³/mol. The van der Waals surface area contributed by atoms with Gasteiger partial charge in [-0.1, -0.05) is 24.6 Å². The summed E-state index contributed by atoms with van der Waals surface area (Å²) in [5.74, 6) is 0. The normalized spacial score (nSPS) is 17.3. The molecule has 1 saturated heterocycles. The van der Waals surface area contributed by atoms with Gasteiger partial charge in [0.2, 0.25) is 0 Å². The predicted octanol–water partition coefficient (Wildman–Crippen LogP) is 3.37. The molecule has 0 saturated carbocycles. The first kappa shape index (κ1) is 16.6. The molecule has 1 fully saturated rings. The summed E-state index contributed by atoms with van der Waals surface area (Å²) in [6.45, 7) is 15.1. The van der Waals surface area contributed by atoms with E-state index in [1.807, 2.05) is 0 Å². The highest BCUT2D eigenvalue weighted by molar-refractivity contribution is 6.31. The maximum absolute atomic E-state index is 6.41. The van der Waals surface area contributed by atoms with Crippen LogP contribution in [0.25, 0.3) is 0 Å². The van der Waals surface area contributed by atoms with Crippen molar-refractivity contribution in [3.05, 3.63) is 28.8 Å². The molecule has 0 amide bonds. The largest absolute Gasteiger partial charge is 0.369 e. The molecule has 0 bridgehead atoms. The molecule has 1 aromatic carbocycles. The molecule has 21 heavy (non-hydrogen) atoms. The van der Waals surface area contributed by atoms with Crippen molar-refractivity contribution in [3.8, 4) is 0 Å². The van der Waals surface area contributed by atoms with E-state index in [1.165, 1.54) is 11.3 Å². The first-order chi connectivity index (χ1) is 9.91. The lowest BCUT2D eigenvalue weighted by Gasteiger charge is -2.43. The number of piperazine rings is 1. The van der Waals surface area contributed by atoms with Gasteiger partial charge < -0.3 is 10.2 Å². The lowest BCUT2D eigenvalue weighted by Crippen LogP contribution is -2.53. The Kier molecular flexibility index (Phi) is 5.53. The summed E-state index contributed by atoms with van der Waals surface area (Å²) in [7, 11) is 0. The van der Waals surface area contributed by atoms with Gasteiger partial charge in [-0.15, -0.1) is 0 Å². The molecule has 2 rings (SSSR count). The van der Waals surface area contributed by atoms with Crippen molar-refractivity contribution in [2.75, 3.05) is 37.6 Å². The lowest BCUT2D eigenvalue weighted by atomic mass is 10.0. The molecule has 118 valence electrons. The van der Waals surface area contributed by atoms with Crippen LogP contribution in [0.5, 0.6) is 0 Å². The third-order valence-electron chi connectivity index (χ3n) is 4.20. The van der Waals surface area contributed by atoms with Crippen molar-refractivity contribution in [1.82, 2.24) is 10.2 Å². The smallest absolute Gasteiger partial charge is 0.0471 e. The molecule has 4 heteroatoms. The van der Waals surface area contributed by atoms with Crippen molar-refractivity contribution in [2.45, 2.75) is 39.8 Å². The van der Waals surface area contributed by atoms with E-state index < -0.39 is 0 Å². The molecular weight excluding hydrogens is 282 g/mol. The van der Waals surface area contributed by atoms with Crippen LogP contribution < -0.4 is 10.2 Å². The highest BCUT2D eigenvalue weighted by Gasteiger charge is 2.25. The molecule has 0 atom stereocenters. The number of rotatable bonds is 4. The van der Waals surface area contributed by atoms with Gasteiger partial charge in [0.05, 0.1) is 0 Å². The van der Waals surface area contributed by atoms with Gasteiger partial charge in [0.25, 0.3) is 0 Å². The molecule has 0 aromatic heterocycles. The third-order valence-corrected chi connectivity index (χ3v) is 4.55. The fraction of sp³-hybridized carbons (Fsp3) is 0.647. The average Bonchev–Trinajstić information content (AvgIpc) is 2.45. The van der Waals surface area contributed by atoms with Crippen LogP contribution in [-0.2, 0) is 6.54 Å². The number of anilines is 1. The van der Waals surface area contributed by atoms with Gasteiger partial charge in [0.15, 0.2) is 0 Å². The van der Waals surface area contributed by atoms with E-state index in [1.54, 1.807) is 0 Å². The van der Waals surface area contributed by atoms with Crippen LogP contribution in [0.15, 0.2) is 18.2 Å². The van der Waals surface area contributed by atoms with Crippen molar-refractivity contribution < 1.29 is 0 Å². The minimum Gasteiger partial charge on any atom is -0.369 e. The quantitative estimate of drug-likeness (QED) is 0.920. The number of benzene rings is 1. The first-order valence-corrected chi connectivity index (χ1v) is 8.28. The summed E-state index contributed by atoms with van der Waals surface area (Å²) >= 11 is 6.41. The Morgan fingerprint density at radius 1 is 1.14 bits per heavy atom. The third kappa shape index (κ3) is 4.35. The van der Waals surface area contributed by atoms with E-state index in [-0.39, 0.29) is 5.54 Å². The van der Waals surface area contributed by atoms with Crippen molar-refractivity contribution >= 4 is 17.3 Å². The Morgan fingerprint density at radius 3 is 2.33 bits per heavy atom. The van der Waals surface area contributed by atoms with Crippen LogP contribution in [0.4, 0.5) is 5.69 Å². The molecule has 1 heterocycles. The second-order valence-corrected chi connectivity index (χ2v) is 7.11. The topological polar surface area (TPSA) is 18.5 Å². The SMILES string of the molecule is CCNCc1ccc(N2CCN(C(C)(C)C)CC2)cc1Cl. The van der Waals surface area contributed by atoms with E-state index in [9.17, 15) is 0 Å². The zero-order chi connectivity index (χ0) is 15.5. The van der Waals surface area contributed by atoms with Gasteiger partial charge in [0, 0.05) is 49.0 Å². The Labute approximate surface area is 134 Å². The van der Waals surface area contributed by atoms with Gasteiger partial charge in [-0.25, -0.2) is 0 Å². The fourth-order valence-corrected chi connectivity index (χ4v) is 3.01.